The Morgan fingerprint density at radius 3 is 2.50 bits per heavy atom. The fraction of sp³-hybridized carbons (Fsp3) is 0. The first-order valence-electron chi connectivity index (χ1n) is 7.69. The third-order valence-electron chi connectivity index (χ3n) is 3.93. The number of rotatable bonds is 2. The average molecular weight is 367 g/mol. The molecule has 0 bridgehead atoms. The topological polar surface area (TPSA) is 79.6 Å². The van der Waals surface area contributed by atoms with Crippen molar-refractivity contribution in [2.24, 2.45) is 0 Å². The molecule has 1 fully saturated rings. The first kappa shape index (κ1) is 16.1. The lowest BCUT2D eigenvalue weighted by Crippen LogP contribution is -2.54. The molecule has 2 heterocycles. The molecule has 3 aromatic rings. The van der Waals surface area contributed by atoms with E-state index < -0.39 is 17.8 Å². The maximum absolute atomic E-state index is 12.8. The van der Waals surface area contributed by atoms with Gasteiger partial charge >= 0.3 is 6.03 Å². The van der Waals surface area contributed by atoms with Crippen molar-refractivity contribution in [1.29, 1.82) is 0 Å². The lowest BCUT2D eigenvalue weighted by Gasteiger charge is -2.26. The van der Waals surface area contributed by atoms with Crippen molar-refractivity contribution in [3.8, 4) is 0 Å². The molecule has 7 heteroatoms. The van der Waals surface area contributed by atoms with Crippen molar-refractivity contribution in [2.75, 3.05) is 4.90 Å². The molecule has 128 valence electrons. The van der Waals surface area contributed by atoms with Crippen LogP contribution in [-0.2, 0) is 9.59 Å². The monoisotopic (exact) mass is 366 g/mol. The molecule has 4 rings (SSSR count). The predicted octanol–water partition coefficient (Wildman–Crippen LogP) is 3.75. The van der Waals surface area contributed by atoms with Crippen molar-refractivity contribution < 1.29 is 18.8 Å². The van der Waals surface area contributed by atoms with Crippen LogP contribution >= 0.6 is 11.6 Å². The second-order valence-corrected chi connectivity index (χ2v) is 6.00. The standard InChI is InChI=1S/C19H11ClN2O4/c20-14-6-2-3-7-15(14)22-18(24)13(17(23)21-19(22)25)10-12-9-11-5-1-4-8-16(11)26-12/h1-10H,(H,21,23,25)/b13-10-. The van der Waals surface area contributed by atoms with E-state index >= 15 is 0 Å². The lowest BCUT2D eigenvalue weighted by atomic mass is 10.1. The molecule has 0 atom stereocenters. The number of benzene rings is 2. The van der Waals surface area contributed by atoms with E-state index in [2.05, 4.69) is 5.32 Å². The minimum Gasteiger partial charge on any atom is -0.457 e. The number of halogens is 1. The summed E-state index contributed by atoms with van der Waals surface area (Å²) in [5, 5.41) is 3.20. The van der Waals surface area contributed by atoms with Crippen LogP contribution in [0.25, 0.3) is 17.0 Å². The number of furan rings is 1. The van der Waals surface area contributed by atoms with Gasteiger partial charge in [0.15, 0.2) is 0 Å². The first-order chi connectivity index (χ1) is 12.5. The molecule has 0 radical (unpaired) electrons. The maximum atomic E-state index is 12.8. The van der Waals surface area contributed by atoms with Crippen LogP contribution in [0.5, 0.6) is 0 Å². The third kappa shape index (κ3) is 2.66. The van der Waals surface area contributed by atoms with E-state index in [0.29, 0.717) is 11.3 Å². The van der Waals surface area contributed by atoms with Crippen molar-refractivity contribution in [2.45, 2.75) is 0 Å². The maximum Gasteiger partial charge on any atom is 0.335 e. The van der Waals surface area contributed by atoms with Crippen LogP contribution in [0.1, 0.15) is 5.76 Å². The van der Waals surface area contributed by atoms with Gasteiger partial charge in [-0.3, -0.25) is 14.9 Å². The molecule has 1 saturated heterocycles. The Labute approximate surface area is 152 Å². The van der Waals surface area contributed by atoms with Gasteiger partial charge in [0, 0.05) is 5.39 Å². The van der Waals surface area contributed by atoms with E-state index in [9.17, 15) is 14.4 Å². The Hall–Kier alpha value is -3.38. The van der Waals surface area contributed by atoms with Crippen molar-refractivity contribution in [3.05, 3.63) is 71.0 Å². The molecule has 1 aliphatic heterocycles. The van der Waals surface area contributed by atoms with E-state index in [1.165, 1.54) is 12.1 Å². The number of nitrogens with zero attached hydrogens (tertiary/aromatic N) is 1. The average Bonchev–Trinajstić information content (AvgIpc) is 3.02. The summed E-state index contributed by atoms with van der Waals surface area (Å²) in [4.78, 5) is 38.0. The van der Waals surface area contributed by atoms with E-state index in [1.807, 2.05) is 18.2 Å². The number of carbonyl (C=O) groups excluding carboxylic acids is 3. The predicted molar refractivity (Wildman–Crippen MR) is 96.7 cm³/mol. The highest BCUT2D eigenvalue weighted by molar-refractivity contribution is 6.42. The zero-order valence-corrected chi connectivity index (χ0v) is 14.0. The zero-order valence-electron chi connectivity index (χ0n) is 13.2. The molecule has 0 spiro atoms. The van der Waals surface area contributed by atoms with E-state index in [0.717, 1.165) is 10.3 Å². The number of fused-ring (bicyclic) bond motifs is 1. The fourth-order valence-corrected chi connectivity index (χ4v) is 2.95. The summed E-state index contributed by atoms with van der Waals surface area (Å²) >= 11 is 6.09. The third-order valence-corrected chi connectivity index (χ3v) is 4.25. The summed E-state index contributed by atoms with van der Waals surface area (Å²) in [5.74, 6) is -1.23. The summed E-state index contributed by atoms with van der Waals surface area (Å²) in [6.45, 7) is 0. The molecule has 1 aromatic heterocycles. The Morgan fingerprint density at radius 2 is 1.73 bits per heavy atom. The SMILES string of the molecule is O=C1NC(=O)N(c2ccccc2Cl)C(=O)/C1=C\c1cc2ccccc2o1. The number of hydrogen-bond donors (Lipinski definition) is 1. The highest BCUT2D eigenvalue weighted by Gasteiger charge is 2.37. The number of anilines is 1. The van der Waals surface area contributed by atoms with Crippen LogP contribution in [-0.4, -0.2) is 17.8 Å². The van der Waals surface area contributed by atoms with Crippen LogP contribution in [0.3, 0.4) is 0 Å². The summed E-state index contributed by atoms with van der Waals surface area (Å²) in [6.07, 6.45) is 1.31. The van der Waals surface area contributed by atoms with Gasteiger partial charge < -0.3 is 4.42 Å². The summed E-state index contributed by atoms with van der Waals surface area (Å²) in [7, 11) is 0. The largest absolute Gasteiger partial charge is 0.457 e. The molecule has 1 aliphatic rings. The molecule has 6 nitrogen and oxygen atoms in total. The van der Waals surface area contributed by atoms with Gasteiger partial charge in [0.25, 0.3) is 11.8 Å². The van der Waals surface area contributed by atoms with Crippen LogP contribution in [0.15, 0.2) is 64.6 Å². The minimum atomic E-state index is -0.852. The van der Waals surface area contributed by atoms with Gasteiger partial charge in [-0.15, -0.1) is 0 Å². The Balaban J connectivity index is 1.78. The van der Waals surface area contributed by atoms with Gasteiger partial charge in [-0.25, -0.2) is 9.69 Å². The zero-order chi connectivity index (χ0) is 18.3. The highest BCUT2D eigenvalue weighted by atomic mass is 35.5. The molecule has 1 N–H and O–H groups in total. The second kappa shape index (κ2) is 6.16. The smallest absolute Gasteiger partial charge is 0.335 e. The van der Waals surface area contributed by atoms with Gasteiger partial charge in [0.05, 0.1) is 10.7 Å². The van der Waals surface area contributed by atoms with Crippen molar-refractivity contribution in [1.82, 2.24) is 5.32 Å². The molecule has 0 saturated carbocycles. The van der Waals surface area contributed by atoms with Gasteiger partial charge in [0.1, 0.15) is 16.9 Å². The Bertz CT molecular complexity index is 1070. The number of nitrogens with one attached hydrogen (secondary N) is 1. The van der Waals surface area contributed by atoms with Crippen molar-refractivity contribution in [3.63, 3.8) is 0 Å². The summed E-state index contributed by atoms with van der Waals surface area (Å²) in [6, 6.07) is 14.5. The fourth-order valence-electron chi connectivity index (χ4n) is 2.73. The number of amides is 4. The number of urea groups is 1. The van der Waals surface area contributed by atoms with Gasteiger partial charge in [-0.2, -0.15) is 0 Å². The lowest BCUT2D eigenvalue weighted by molar-refractivity contribution is -0.122. The Kier molecular flexibility index (Phi) is 3.82. The van der Waals surface area contributed by atoms with Gasteiger partial charge in [-0.05, 0) is 30.3 Å². The minimum absolute atomic E-state index is 0.194. The number of hydrogen-bond acceptors (Lipinski definition) is 4. The second-order valence-electron chi connectivity index (χ2n) is 5.60. The molecule has 0 aliphatic carbocycles. The molecular formula is C19H11ClN2O4. The van der Waals surface area contributed by atoms with Gasteiger partial charge in [-0.1, -0.05) is 41.9 Å². The molecule has 0 unspecified atom stereocenters. The number of carbonyl (C=O) groups is 3. The number of barbiturate groups is 1. The van der Waals surface area contributed by atoms with E-state index in [1.54, 1.807) is 30.3 Å². The highest BCUT2D eigenvalue weighted by Crippen LogP contribution is 2.29. The normalized spacial score (nSPS) is 16.4. The molecule has 2 aromatic carbocycles. The van der Waals surface area contributed by atoms with Crippen LogP contribution in [0.2, 0.25) is 5.02 Å². The summed E-state index contributed by atoms with van der Waals surface area (Å²) in [5.41, 5.74) is 0.602. The van der Waals surface area contributed by atoms with Crippen LogP contribution in [0.4, 0.5) is 10.5 Å². The summed E-state index contributed by atoms with van der Waals surface area (Å²) < 4.78 is 5.62. The molecule has 26 heavy (non-hydrogen) atoms. The van der Waals surface area contributed by atoms with Crippen LogP contribution in [0, 0.1) is 0 Å². The number of imide groups is 2. The van der Waals surface area contributed by atoms with Gasteiger partial charge in [0.2, 0.25) is 0 Å². The molecular weight excluding hydrogens is 356 g/mol. The van der Waals surface area contributed by atoms with E-state index in [4.69, 9.17) is 16.0 Å². The van der Waals surface area contributed by atoms with Crippen LogP contribution < -0.4 is 10.2 Å². The van der Waals surface area contributed by atoms with Crippen molar-refractivity contribution >= 4 is 52.2 Å². The number of para-hydroxylation sites is 2. The van der Waals surface area contributed by atoms with E-state index in [-0.39, 0.29) is 16.3 Å². The Morgan fingerprint density at radius 1 is 1.00 bits per heavy atom. The molecule has 4 amide bonds. The first-order valence-corrected chi connectivity index (χ1v) is 8.07. The quantitative estimate of drug-likeness (QED) is 0.553.